The molecule has 1 aliphatic heterocycles. The van der Waals surface area contributed by atoms with E-state index in [9.17, 15) is 14.9 Å². The van der Waals surface area contributed by atoms with E-state index in [1.165, 1.54) is 17.4 Å². The lowest BCUT2D eigenvalue weighted by molar-refractivity contribution is -0.384. The molecular formula is C13H12N4O3S. The fourth-order valence-corrected chi connectivity index (χ4v) is 2.92. The Morgan fingerprint density at radius 2 is 2.33 bits per heavy atom. The lowest BCUT2D eigenvalue weighted by Gasteiger charge is -2.14. The number of hydrogen-bond donors (Lipinski definition) is 2. The van der Waals surface area contributed by atoms with Crippen molar-refractivity contribution in [2.24, 2.45) is 0 Å². The Bertz CT molecular complexity index is 714. The third kappa shape index (κ3) is 2.57. The van der Waals surface area contributed by atoms with E-state index in [0.717, 1.165) is 5.01 Å². The van der Waals surface area contributed by atoms with Gasteiger partial charge in [-0.3, -0.25) is 14.9 Å². The Morgan fingerprint density at radius 3 is 3.00 bits per heavy atom. The lowest BCUT2D eigenvalue weighted by Crippen LogP contribution is -2.08. The van der Waals surface area contributed by atoms with Crippen LogP contribution in [0.4, 0.5) is 17.1 Å². The molecule has 1 atom stereocenters. The Kier molecular flexibility index (Phi) is 3.30. The number of carbonyl (C=O) groups excluding carboxylic acids is 1. The number of nitrogens with one attached hydrogen (secondary N) is 2. The summed E-state index contributed by atoms with van der Waals surface area (Å²) in [6.07, 6.45) is 1.87. The summed E-state index contributed by atoms with van der Waals surface area (Å²) in [6, 6.07) is 2.91. The first-order valence-corrected chi connectivity index (χ1v) is 7.19. The number of nitro benzene ring substituents is 1. The number of amides is 1. The van der Waals surface area contributed by atoms with Gasteiger partial charge in [0.15, 0.2) is 0 Å². The molecule has 3 rings (SSSR count). The summed E-state index contributed by atoms with van der Waals surface area (Å²) in [6.45, 7) is 1.88. The predicted octanol–water partition coefficient (Wildman–Crippen LogP) is 2.72. The first kappa shape index (κ1) is 13.5. The second kappa shape index (κ2) is 5.13. The van der Waals surface area contributed by atoms with Crippen molar-refractivity contribution in [2.75, 3.05) is 10.6 Å². The molecule has 0 aliphatic carbocycles. The van der Waals surface area contributed by atoms with Gasteiger partial charge >= 0.3 is 0 Å². The number of thiazole rings is 1. The van der Waals surface area contributed by atoms with Crippen LogP contribution in [0.5, 0.6) is 0 Å². The van der Waals surface area contributed by atoms with E-state index in [1.54, 1.807) is 12.3 Å². The Balaban J connectivity index is 1.95. The molecule has 7 nitrogen and oxygen atoms in total. The van der Waals surface area contributed by atoms with Crippen LogP contribution in [0.25, 0.3) is 0 Å². The van der Waals surface area contributed by atoms with E-state index in [4.69, 9.17) is 0 Å². The maximum atomic E-state index is 11.4. The quantitative estimate of drug-likeness (QED) is 0.668. The molecule has 8 heteroatoms. The highest BCUT2D eigenvalue weighted by atomic mass is 32.1. The summed E-state index contributed by atoms with van der Waals surface area (Å²) in [5.74, 6) is -0.149. The number of anilines is 2. The third-order valence-corrected chi connectivity index (χ3v) is 4.20. The number of nitrogens with zero attached hydrogens (tertiary/aromatic N) is 2. The molecule has 0 saturated heterocycles. The van der Waals surface area contributed by atoms with Crippen molar-refractivity contribution in [2.45, 2.75) is 19.4 Å². The molecule has 1 aromatic carbocycles. The molecule has 2 heterocycles. The highest BCUT2D eigenvalue weighted by Gasteiger charge is 2.25. The summed E-state index contributed by atoms with van der Waals surface area (Å²) in [4.78, 5) is 26.4. The van der Waals surface area contributed by atoms with Crippen molar-refractivity contribution < 1.29 is 9.72 Å². The summed E-state index contributed by atoms with van der Waals surface area (Å²) >= 11 is 1.48. The molecule has 0 bridgehead atoms. The Labute approximate surface area is 124 Å². The maximum absolute atomic E-state index is 11.4. The average molecular weight is 304 g/mol. The zero-order valence-corrected chi connectivity index (χ0v) is 11.9. The van der Waals surface area contributed by atoms with Gasteiger partial charge in [0.1, 0.15) is 10.7 Å². The largest absolute Gasteiger partial charge is 0.370 e. The summed E-state index contributed by atoms with van der Waals surface area (Å²) in [5, 5.41) is 19.7. The van der Waals surface area contributed by atoms with Crippen LogP contribution in [0.15, 0.2) is 23.7 Å². The van der Waals surface area contributed by atoms with Gasteiger partial charge in [0.25, 0.3) is 5.69 Å². The van der Waals surface area contributed by atoms with Crippen LogP contribution in [0.3, 0.4) is 0 Å². The topological polar surface area (TPSA) is 97.2 Å². The first-order chi connectivity index (χ1) is 10.0. The molecule has 1 unspecified atom stereocenters. The van der Waals surface area contributed by atoms with Crippen LogP contribution in [-0.4, -0.2) is 15.8 Å². The van der Waals surface area contributed by atoms with Crippen LogP contribution < -0.4 is 10.6 Å². The number of rotatable bonds is 4. The Morgan fingerprint density at radius 1 is 1.52 bits per heavy atom. The molecule has 1 amide bonds. The number of hydrogen-bond acceptors (Lipinski definition) is 6. The predicted molar refractivity (Wildman–Crippen MR) is 79.6 cm³/mol. The van der Waals surface area contributed by atoms with Crippen molar-refractivity contribution in [3.05, 3.63) is 44.4 Å². The molecule has 0 saturated carbocycles. The smallest absolute Gasteiger partial charge is 0.292 e. The molecule has 21 heavy (non-hydrogen) atoms. The first-order valence-electron chi connectivity index (χ1n) is 6.31. The van der Waals surface area contributed by atoms with Gasteiger partial charge in [0.05, 0.1) is 17.4 Å². The van der Waals surface area contributed by atoms with Gasteiger partial charge in [0.2, 0.25) is 5.91 Å². The van der Waals surface area contributed by atoms with Crippen LogP contribution in [-0.2, 0) is 11.2 Å². The van der Waals surface area contributed by atoms with Gasteiger partial charge in [0, 0.05) is 23.3 Å². The fourth-order valence-electron chi connectivity index (χ4n) is 2.27. The number of fused-ring (bicyclic) bond motifs is 1. The number of benzene rings is 1. The summed E-state index contributed by atoms with van der Waals surface area (Å²) in [7, 11) is 0. The minimum Gasteiger partial charge on any atom is -0.370 e. The minimum atomic E-state index is -0.444. The normalized spacial score (nSPS) is 14.4. The standard InChI is InChI=1S/C13H12N4O3S/c1-7(13-14-2-3-21-13)15-10-6-9-8(5-12(18)16-9)4-11(10)17(19)20/h2-4,6-7,15H,5H2,1H3,(H,16,18). The highest BCUT2D eigenvalue weighted by Crippen LogP contribution is 2.36. The molecule has 0 fully saturated rings. The van der Waals surface area contributed by atoms with Gasteiger partial charge < -0.3 is 10.6 Å². The monoisotopic (exact) mass is 304 g/mol. The molecule has 1 aliphatic rings. The Hall–Kier alpha value is -2.48. The van der Waals surface area contributed by atoms with Crippen LogP contribution in [0, 0.1) is 10.1 Å². The third-order valence-electron chi connectivity index (χ3n) is 3.24. The molecular weight excluding hydrogens is 292 g/mol. The SMILES string of the molecule is CC(Nc1cc2c(cc1[N+](=O)[O-])CC(=O)N2)c1nccs1. The molecule has 0 radical (unpaired) electrons. The number of nitro groups is 1. The van der Waals surface area contributed by atoms with E-state index >= 15 is 0 Å². The number of carbonyl (C=O) groups is 1. The van der Waals surface area contributed by atoms with Crippen LogP contribution in [0.1, 0.15) is 23.5 Å². The zero-order chi connectivity index (χ0) is 15.0. The summed E-state index contributed by atoms with van der Waals surface area (Å²) < 4.78 is 0. The van der Waals surface area contributed by atoms with Crippen molar-refractivity contribution in [3.63, 3.8) is 0 Å². The van der Waals surface area contributed by atoms with Crippen molar-refractivity contribution in [3.8, 4) is 0 Å². The van der Waals surface area contributed by atoms with Crippen molar-refractivity contribution in [1.82, 2.24) is 4.98 Å². The fraction of sp³-hybridized carbons (Fsp3) is 0.231. The zero-order valence-electron chi connectivity index (χ0n) is 11.1. The van der Waals surface area contributed by atoms with Crippen LogP contribution >= 0.6 is 11.3 Å². The number of aromatic nitrogens is 1. The van der Waals surface area contributed by atoms with Gasteiger partial charge in [-0.1, -0.05) is 0 Å². The molecule has 108 valence electrons. The van der Waals surface area contributed by atoms with E-state index < -0.39 is 4.92 Å². The van der Waals surface area contributed by atoms with Gasteiger partial charge in [-0.25, -0.2) is 4.98 Å². The van der Waals surface area contributed by atoms with E-state index in [1.807, 2.05) is 12.3 Å². The van der Waals surface area contributed by atoms with Gasteiger partial charge in [-0.2, -0.15) is 0 Å². The second-order valence-electron chi connectivity index (χ2n) is 4.74. The molecule has 0 spiro atoms. The van der Waals surface area contributed by atoms with E-state index in [-0.39, 0.29) is 24.1 Å². The summed E-state index contributed by atoms with van der Waals surface area (Å²) in [5.41, 5.74) is 1.62. The van der Waals surface area contributed by atoms with Gasteiger partial charge in [-0.15, -0.1) is 11.3 Å². The van der Waals surface area contributed by atoms with Crippen LogP contribution in [0.2, 0.25) is 0 Å². The molecule has 1 aromatic heterocycles. The lowest BCUT2D eigenvalue weighted by atomic mass is 10.1. The van der Waals surface area contributed by atoms with Gasteiger partial charge in [-0.05, 0) is 18.6 Å². The van der Waals surface area contributed by atoms with Crippen molar-refractivity contribution in [1.29, 1.82) is 0 Å². The molecule has 2 N–H and O–H groups in total. The maximum Gasteiger partial charge on any atom is 0.292 e. The van der Waals surface area contributed by atoms with Crippen molar-refractivity contribution >= 4 is 34.3 Å². The minimum absolute atomic E-state index is 0.0337. The molecule has 2 aromatic rings. The second-order valence-corrected chi connectivity index (χ2v) is 5.67. The van der Waals surface area contributed by atoms with E-state index in [2.05, 4.69) is 15.6 Å². The van der Waals surface area contributed by atoms with E-state index in [0.29, 0.717) is 16.9 Å². The highest BCUT2D eigenvalue weighted by molar-refractivity contribution is 7.09. The average Bonchev–Trinajstić information content (AvgIpc) is 3.05.